The van der Waals surface area contributed by atoms with Crippen LogP contribution in [0.5, 0.6) is 5.75 Å². The van der Waals surface area contributed by atoms with Crippen LogP contribution in [0.1, 0.15) is 5.56 Å². The minimum Gasteiger partial charge on any atom is -0.507 e. The highest BCUT2D eigenvalue weighted by Gasteiger charge is 2.10. The molecule has 2 N–H and O–H groups in total. The van der Waals surface area contributed by atoms with Gasteiger partial charge in [0.2, 0.25) is 0 Å². The van der Waals surface area contributed by atoms with E-state index in [2.05, 4.69) is 4.98 Å². The molecule has 0 unspecified atom stereocenters. The van der Waals surface area contributed by atoms with Crippen LogP contribution in [0.15, 0.2) is 42.5 Å². The van der Waals surface area contributed by atoms with E-state index in [1.807, 2.05) is 18.2 Å². The van der Waals surface area contributed by atoms with Crippen LogP contribution < -0.4 is 0 Å². The third-order valence-electron chi connectivity index (χ3n) is 2.94. The molecule has 0 bridgehead atoms. The molecule has 5 heteroatoms. The molecule has 0 saturated heterocycles. The average Bonchev–Trinajstić information content (AvgIpc) is 2.81. The van der Waals surface area contributed by atoms with E-state index in [9.17, 15) is 9.90 Å². The molecule has 20 heavy (non-hydrogen) atoms. The van der Waals surface area contributed by atoms with Gasteiger partial charge in [-0.1, -0.05) is 18.2 Å². The fourth-order valence-corrected chi connectivity index (χ4v) is 3.01. The molecule has 0 spiro atoms. The van der Waals surface area contributed by atoms with Crippen LogP contribution in [0.3, 0.4) is 0 Å². The lowest BCUT2D eigenvalue weighted by Gasteiger charge is -1.98. The van der Waals surface area contributed by atoms with Gasteiger partial charge in [0.25, 0.3) is 0 Å². The van der Waals surface area contributed by atoms with E-state index in [1.54, 1.807) is 24.3 Å². The molecule has 3 rings (SSSR count). The van der Waals surface area contributed by atoms with E-state index >= 15 is 0 Å². The van der Waals surface area contributed by atoms with Crippen molar-refractivity contribution in [3.8, 4) is 16.3 Å². The van der Waals surface area contributed by atoms with Gasteiger partial charge in [0.1, 0.15) is 10.8 Å². The molecule has 1 heterocycles. The molecule has 1 aromatic heterocycles. The Labute approximate surface area is 119 Å². The largest absolute Gasteiger partial charge is 0.507 e. The van der Waals surface area contributed by atoms with Crippen LogP contribution in [-0.4, -0.2) is 21.2 Å². The first-order valence-corrected chi connectivity index (χ1v) is 6.85. The number of rotatable bonds is 3. The summed E-state index contributed by atoms with van der Waals surface area (Å²) in [6.45, 7) is 0. The summed E-state index contributed by atoms with van der Waals surface area (Å²) in [5.41, 5.74) is 2.17. The number of hydrogen-bond donors (Lipinski definition) is 2. The van der Waals surface area contributed by atoms with Gasteiger partial charge in [-0.05, 0) is 29.8 Å². The molecule has 3 aromatic rings. The molecule has 0 saturated carbocycles. The fourth-order valence-electron chi connectivity index (χ4n) is 2.03. The minimum atomic E-state index is -0.861. The number of aliphatic carboxylic acids is 1. The average molecular weight is 285 g/mol. The Morgan fingerprint density at radius 2 is 2.00 bits per heavy atom. The van der Waals surface area contributed by atoms with Crippen molar-refractivity contribution in [3.05, 3.63) is 48.0 Å². The summed E-state index contributed by atoms with van der Waals surface area (Å²) in [5.74, 6) is -0.669. The highest BCUT2D eigenvalue weighted by Crippen LogP contribution is 2.35. The molecule has 0 aliphatic rings. The van der Waals surface area contributed by atoms with Gasteiger partial charge in [-0.25, -0.2) is 4.98 Å². The second kappa shape index (κ2) is 4.94. The topological polar surface area (TPSA) is 70.4 Å². The zero-order valence-corrected chi connectivity index (χ0v) is 11.2. The summed E-state index contributed by atoms with van der Waals surface area (Å²) in [7, 11) is 0. The maximum Gasteiger partial charge on any atom is 0.307 e. The number of aromatic hydroxyl groups is 1. The van der Waals surface area contributed by atoms with Crippen LogP contribution in [-0.2, 0) is 11.2 Å². The number of nitrogens with zero attached hydrogens (tertiary/aromatic N) is 1. The molecule has 0 radical (unpaired) electrons. The standard InChI is InChI=1S/C15H11NO3S/c17-12-4-2-1-3-10(12)15-16-11-7-9(8-14(18)19)5-6-13(11)20-15/h1-7,17H,8H2,(H,18,19). The second-order valence-corrected chi connectivity index (χ2v) is 5.44. The second-order valence-electron chi connectivity index (χ2n) is 4.41. The lowest BCUT2D eigenvalue weighted by Crippen LogP contribution is -1.99. The molecular formula is C15H11NO3S. The Balaban J connectivity index is 2.07. The molecule has 0 aliphatic heterocycles. The lowest BCUT2D eigenvalue weighted by molar-refractivity contribution is -0.136. The van der Waals surface area contributed by atoms with Gasteiger partial charge >= 0.3 is 5.97 Å². The fraction of sp³-hybridized carbons (Fsp3) is 0.0667. The summed E-state index contributed by atoms with van der Waals surface area (Å²) < 4.78 is 0.970. The van der Waals surface area contributed by atoms with Crippen molar-refractivity contribution in [2.75, 3.05) is 0 Å². The van der Waals surface area contributed by atoms with Crippen molar-refractivity contribution in [1.82, 2.24) is 4.98 Å². The number of fused-ring (bicyclic) bond motifs is 1. The van der Waals surface area contributed by atoms with E-state index in [4.69, 9.17) is 5.11 Å². The van der Waals surface area contributed by atoms with Crippen LogP contribution in [0, 0.1) is 0 Å². The highest BCUT2D eigenvalue weighted by molar-refractivity contribution is 7.21. The third kappa shape index (κ3) is 2.35. The van der Waals surface area contributed by atoms with E-state index in [-0.39, 0.29) is 12.2 Å². The SMILES string of the molecule is O=C(O)Cc1ccc2sc(-c3ccccc3O)nc2c1. The van der Waals surface area contributed by atoms with Crippen LogP contribution in [0.2, 0.25) is 0 Å². The Morgan fingerprint density at radius 3 is 2.75 bits per heavy atom. The molecule has 0 amide bonds. The number of carboxylic acids is 1. The van der Waals surface area contributed by atoms with Crippen molar-refractivity contribution in [2.45, 2.75) is 6.42 Å². The predicted molar refractivity (Wildman–Crippen MR) is 78.1 cm³/mol. The van der Waals surface area contributed by atoms with Crippen molar-refractivity contribution in [2.24, 2.45) is 0 Å². The van der Waals surface area contributed by atoms with E-state index in [0.717, 1.165) is 20.8 Å². The summed E-state index contributed by atoms with van der Waals surface area (Å²) in [4.78, 5) is 15.2. The number of phenolic OH excluding ortho intramolecular Hbond substituents is 1. The van der Waals surface area contributed by atoms with Crippen LogP contribution in [0.25, 0.3) is 20.8 Å². The normalized spacial score (nSPS) is 10.8. The van der Waals surface area contributed by atoms with Gasteiger partial charge in [-0.15, -0.1) is 11.3 Å². The van der Waals surface area contributed by atoms with Crippen molar-refractivity contribution in [3.63, 3.8) is 0 Å². The van der Waals surface area contributed by atoms with Gasteiger partial charge in [-0.2, -0.15) is 0 Å². The molecule has 4 nitrogen and oxygen atoms in total. The third-order valence-corrected chi connectivity index (χ3v) is 4.01. The molecule has 0 atom stereocenters. The number of phenols is 1. The van der Waals surface area contributed by atoms with Crippen LogP contribution in [0.4, 0.5) is 0 Å². The quantitative estimate of drug-likeness (QED) is 0.774. The van der Waals surface area contributed by atoms with E-state index in [1.165, 1.54) is 11.3 Å². The smallest absolute Gasteiger partial charge is 0.307 e. The Morgan fingerprint density at radius 1 is 1.20 bits per heavy atom. The number of para-hydroxylation sites is 1. The number of carbonyl (C=O) groups is 1. The number of aromatic nitrogens is 1. The summed E-state index contributed by atoms with van der Waals surface area (Å²) in [6.07, 6.45) is -0.0145. The van der Waals surface area contributed by atoms with Gasteiger partial charge < -0.3 is 10.2 Å². The highest BCUT2D eigenvalue weighted by atomic mass is 32.1. The maximum absolute atomic E-state index is 10.7. The van der Waals surface area contributed by atoms with Crippen molar-refractivity contribution < 1.29 is 15.0 Å². The Hall–Kier alpha value is -2.40. The summed E-state index contributed by atoms with van der Waals surface area (Å²) in [5, 5.41) is 19.4. The minimum absolute atomic E-state index is 0.0145. The van der Waals surface area contributed by atoms with Gasteiger partial charge in [0.05, 0.1) is 22.2 Å². The lowest BCUT2D eigenvalue weighted by atomic mass is 10.1. The van der Waals surface area contributed by atoms with Gasteiger partial charge in [-0.3, -0.25) is 4.79 Å². The summed E-state index contributed by atoms with van der Waals surface area (Å²) in [6, 6.07) is 12.5. The Bertz CT molecular complexity index is 795. The number of carboxylic acid groups (broad SMARTS) is 1. The maximum atomic E-state index is 10.7. The number of benzene rings is 2. The molecular weight excluding hydrogens is 274 g/mol. The first-order valence-electron chi connectivity index (χ1n) is 6.03. The molecule has 2 aromatic carbocycles. The van der Waals surface area contributed by atoms with Gasteiger partial charge in [0, 0.05) is 0 Å². The van der Waals surface area contributed by atoms with E-state index in [0.29, 0.717) is 5.56 Å². The number of hydrogen-bond acceptors (Lipinski definition) is 4. The monoisotopic (exact) mass is 285 g/mol. The molecule has 0 aliphatic carbocycles. The zero-order valence-electron chi connectivity index (χ0n) is 10.4. The first kappa shape index (κ1) is 12.6. The molecule has 100 valence electrons. The van der Waals surface area contributed by atoms with Crippen molar-refractivity contribution >= 4 is 27.5 Å². The predicted octanol–water partition coefficient (Wildman–Crippen LogP) is 3.30. The molecule has 0 fully saturated rings. The van der Waals surface area contributed by atoms with Crippen LogP contribution >= 0.6 is 11.3 Å². The summed E-state index contributed by atoms with van der Waals surface area (Å²) >= 11 is 1.47. The van der Waals surface area contributed by atoms with Crippen molar-refractivity contribution in [1.29, 1.82) is 0 Å². The Kier molecular flexibility index (Phi) is 3.12. The van der Waals surface area contributed by atoms with E-state index < -0.39 is 5.97 Å². The zero-order chi connectivity index (χ0) is 14.1. The first-order chi connectivity index (χ1) is 9.63. The number of thiazole rings is 1. The van der Waals surface area contributed by atoms with Gasteiger partial charge in [0.15, 0.2) is 0 Å².